The summed E-state index contributed by atoms with van der Waals surface area (Å²) in [7, 11) is 0. The molecule has 116 valence electrons. The number of pyridine rings is 1. The van der Waals surface area contributed by atoms with Crippen molar-refractivity contribution in [3.05, 3.63) is 28.4 Å². The van der Waals surface area contributed by atoms with Crippen LogP contribution in [0, 0.1) is 0 Å². The minimum absolute atomic E-state index is 0.0469. The Kier molecular flexibility index (Phi) is 4.96. The van der Waals surface area contributed by atoms with Crippen LogP contribution in [0.2, 0.25) is 0 Å². The van der Waals surface area contributed by atoms with Gasteiger partial charge in [-0.3, -0.25) is 20.0 Å². The second-order valence-electron chi connectivity index (χ2n) is 4.92. The molecule has 0 spiro atoms. The maximum atomic E-state index is 11.9. The molecule has 0 unspecified atom stereocenters. The van der Waals surface area contributed by atoms with Crippen LogP contribution >= 0.6 is 27.3 Å². The van der Waals surface area contributed by atoms with Crippen molar-refractivity contribution < 1.29 is 4.79 Å². The van der Waals surface area contributed by atoms with Gasteiger partial charge in [-0.25, -0.2) is 0 Å². The minimum Gasteiger partial charge on any atom is -0.368 e. The Hall–Kier alpha value is -1.58. The van der Waals surface area contributed by atoms with Crippen LogP contribution < -0.4 is 10.2 Å². The number of hydrogen-bond donors (Lipinski definition) is 1. The number of hydrogen-bond acceptors (Lipinski definition) is 7. The van der Waals surface area contributed by atoms with E-state index < -0.39 is 0 Å². The maximum absolute atomic E-state index is 11.9. The molecule has 1 N–H and O–H groups in total. The number of rotatable bonds is 4. The van der Waals surface area contributed by atoms with E-state index in [0.29, 0.717) is 11.7 Å². The maximum Gasteiger partial charge on any atom is 0.240 e. The number of halogens is 1. The van der Waals surface area contributed by atoms with Gasteiger partial charge in [0.25, 0.3) is 0 Å². The van der Waals surface area contributed by atoms with Gasteiger partial charge in [0.1, 0.15) is 5.51 Å². The van der Waals surface area contributed by atoms with Crippen molar-refractivity contribution in [3.63, 3.8) is 0 Å². The zero-order valence-electron chi connectivity index (χ0n) is 11.8. The molecule has 1 aliphatic rings. The van der Waals surface area contributed by atoms with Crippen molar-refractivity contribution in [2.24, 2.45) is 0 Å². The third kappa shape index (κ3) is 3.99. The van der Waals surface area contributed by atoms with Crippen molar-refractivity contribution in [1.82, 2.24) is 20.1 Å². The molecule has 7 nitrogen and oxygen atoms in total. The number of aromatic nitrogens is 3. The van der Waals surface area contributed by atoms with Gasteiger partial charge in [0, 0.05) is 36.8 Å². The van der Waals surface area contributed by atoms with Gasteiger partial charge in [-0.05, 0) is 22.0 Å². The molecule has 0 atom stereocenters. The molecular weight excluding hydrogens is 368 g/mol. The van der Waals surface area contributed by atoms with Crippen molar-refractivity contribution in [3.8, 4) is 0 Å². The van der Waals surface area contributed by atoms with E-state index in [2.05, 4.69) is 52.3 Å². The SMILES string of the molecule is O=C(CN1CCN(c2cncc(Br)c2)CC1)Nc1nncs1. The monoisotopic (exact) mass is 382 g/mol. The molecule has 0 bridgehead atoms. The Morgan fingerprint density at radius 1 is 1.32 bits per heavy atom. The molecule has 1 fully saturated rings. The first-order valence-corrected chi connectivity index (χ1v) is 8.52. The molecule has 3 heterocycles. The topological polar surface area (TPSA) is 74.2 Å². The molecule has 0 saturated carbocycles. The van der Waals surface area contributed by atoms with E-state index >= 15 is 0 Å². The van der Waals surface area contributed by atoms with Crippen LogP contribution in [-0.4, -0.2) is 58.7 Å². The van der Waals surface area contributed by atoms with Crippen LogP contribution in [0.3, 0.4) is 0 Å². The predicted octanol–water partition coefficient (Wildman–Crippen LogP) is 1.46. The second kappa shape index (κ2) is 7.12. The van der Waals surface area contributed by atoms with Crippen molar-refractivity contribution in [2.75, 3.05) is 42.9 Å². The predicted molar refractivity (Wildman–Crippen MR) is 89.1 cm³/mol. The number of carbonyl (C=O) groups is 1. The highest BCUT2D eigenvalue weighted by molar-refractivity contribution is 9.10. The molecule has 1 saturated heterocycles. The molecule has 9 heteroatoms. The minimum atomic E-state index is -0.0469. The number of amides is 1. The highest BCUT2D eigenvalue weighted by Crippen LogP contribution is 2.19. The van der Waals surface area contributed by atoms with E-state index in [0.717, 1.165) is 36.3 Å². The second-order valence-corrected chi connectivity index (χ2v) is 6.67. The van der Waals surface area contributed by atoms with E-state index in [4.69, 9.17) is 0 Å². The summed E-state index contributed by atoms with van der Waals surface area (Å²) in [6.07, 6.45) is 3.64. The van der Waals surface area contributed by atoms with E-state index in [-0.39, 0.29) is 5.91 Å². The summed E-state index contributed by atoms with van der Waals surface area (Å²) in [5.41, 5.74) is 2.70. The fourth-order valence-electron chi connectivity index (χ4n) is 2.33. The van der Waals surface area contributed by atoms with Gasteiger partial charge in [-0.15, -0.1) is 10.2 Å². The molecule has 22 heavy (non-hydrogen) atoms. The average molecular weight is 383 g/mol. The summed E-state index contributed by atoms with van der Waals surface area (Å²) in [6, 6.07) is 2.06. The van der Waals surface area contributed by atoms with Crippen molar-refractivity contribution >= 4 is 44.0 Å². The Morgan fingerprint density at radius 3 is 2.82 bits per heavy atom. The number of piperazine rings is 1. The zero-order chi connectivity index (χ0) is 15.4. The van der Waals surface area contributed by atoms with Crippen molar-refractivity contribution in [1.29, 1.82) is 0 Å². The number of nitrogens with zero attached hydrogens (tertiary/aromatic N) is 5. The first-order chi connectivity index (χ1) is 10.7. The van der Waals surface area contributed by atoms with Gasteiger partial charge in [0.2, 0.25) is 11.0 Å². The Balaban J connectivity index is 1.48. The third-order valence-electron chi connectivity index (χ3n) is 3.40. The van der Waals surface area contributed by atoms with E-state index in [1.54, 1.807) is 11.7 Å². The molecule has 2 aromatic heterocycles. The van der Waals surface area contributed by atoms with E-state index in [1.165, 1.54) is 11.3 Å². The van der Waals surface area contributed by atoms with Gasteiger partial charge >= 0.3 is 0 Å². The molecule has 0 aromatic carbocycles. The number of nitrogens with one attached hydrogen (secondary N) is 1. The standard InChI is InChI=1S/C13H15BrN6OS/c14-10-5-11(7-15-6-10)20-3-1-19(2-4-20)8-12(21)17-13-18-16-9-22-13/h5-7,9H,1-4,8H2,(H,17,18,21). The van der Waals surface area contributed by atoms with Crippen LogP contribution in [0.5, 0.6) is 0 Å². The summed E-state index contributed by atoms with van der Waals surface area (Å²) in [5.74, 6) is -0.0469. The van der Waals surface area contributed by atoms with Gasteiger partial charge < -0.3 is 4.90 Å². The van der Waals surface area contributed by atoms with Gasteiger partial charge in [0.15, 0.2) is 0 Å². The molecule has 1 amide bonds. The Morgan fingerprint density at radius 2 is 2.14 bits per heavy atom. The molecule has 1 aliphatic heterocycles. The highest BCUT2D eigenvalue weighted by atomic mass is 79.9. The highest BCUT2D eigenvalue weighted by Gasteiger charge is 2.19. The summed E-state index contributed by atoms with van der Waals surface area (Å²) in [6.45, 7) is 3.82. The van der Waals surface area contributed by atoms with Gasteiger partial charge in [-0.2, -0.15) is 0 Å². The summed E-state index contributed by atoms with van der Waals surface area (Å²) in [5, 5.41) is 10.8. The largest absolute Gasteiger partial charge is 0.368 e. The first-order valence-electron chi connectivity index (χ1n) is 6.84. The molecule has 2 aromatic rings. The normalized spacial score (nSPS) is 15.8. The summed E-state index contributed by atoms with van der Waals surface area (Å²) >= 11 is 4.76. The molecule has 0 radical (unpaired) electrons. The summed E-state index contributed by atoms with van der Waals surface area (Å²) in [4.78, 5) is 20.5. The summed E-state index contributed by atoms with van der Waals surface area (Å²) < 4.78 is 0.976. The lowest BCUT2D eigenvalue weighted by atomic mass is 10.2. The van der Waals surface area contributed by atoms with Crippen LogP contribution in [0.1, 0.15) is 0 Å². The van der Waals surface area contributed by atoms with E-state index in [9.17, 15) is 4.79 Å². The Bertz CT molecular complexity index is 629. The lowest BCUT2D eigenvalue weighted by Crippen LogP contribution is -2.48. The fraction of sp³-hybridized carbons (Fsp3) is 0.385. The van der Waals surface area contributed by atoms with Gasteiger partial charge in [-0.1, -0.05) is 11.3 Å². The quantitative estimate of drug-likeness (QED) is 0.862. The van der Waals surface area contributed by atoms with Crippen LogP contribution in [0.15, 0.2) is 28.4 Å². The molecular formula is C13H15BrN6OS. The zero-order valence-corrected chi connectivity index (χ0v) is 14.2. The lowest BCUT2D eigenvalue weighted by molar-refractivity contribution is -0.117. The number of carbonyl (C=O) groups excluding carboxylic acids is 1. The van der Waals surface area contributed by atoms with E-state index in [1.807, 2.05) is 6.20 Å². The first kappa shape index (κ1) is 15.3. The Labute approximate surface area is 140 Å². The van der Waals surface area contributed by atoms with Crippen LogP contribution in [0.25, 0.3) is 0 Å². The van der Waals surface area contributed by atoms with Crippen molar-refractivity contribution in [2.45, 2.75) is 0 Å². The smallest absolute Gasteiger partial charge is 0.240 e. The number of anilines is 2. The third-order valence-corrected chi connectivity index (χ3v) is 4.44. The van der Waals surface area contributed by atoms with Crippen LogP contribution in [-0.2, 0) is 4.79 Å². The average Bonchev–Trinajstić information content (AvgIpc) is 3.01. The molecule has 0 aliphatic carbocycles. The van der Waals surface area contributed by atoms with Crippen LogP contribution in [0.4, 0.5) is 10.8 Å². The lowest BCUT2D eigenvalue weighted by Gasteiger charge is -2.35. The fourth-order valence-corrected chi connectivity index (χ4v) is 3.14. The molecule has 3 rings (SSSR count). The van der Waals surface area contributed by atoms with Gasteiger partial charge in [0.05, 0.1) is 18.4 Å².